The van der Waals surface area contributed by atoms with E-state index in [1.165, 1.54) is 31.2 Å². The van der Waals surface area contributed by atoms with Crippen molar-refractivity contribution in [3.63, 3.8) is 0 Å². The Morgan fingerprint density at radius 3 is 2.53 bits per heavy atom. The minimum absolute atomic E-state index is 0.405. The number of nitrogens with one attached hydrogen (secondary N) is 1. The summed E-state index contributed by atoms with van der Waals surface area (Å²) in [6, 6.07) is 10.2. The number of hydrogen-bond acceptors (Lipinski definition) is 4. The number of nitrogens with two attached hydrogens (primary N) is 1. The number of benzene rings is 1. The Morgan fingerprint density at radius 1 is 1.22 bits per heavy atom. The Labute approximate surface area is 191 Å². The first-order valence-electron chi connectivity index (χ1n) is 12.0. The van der Waals surface area contributed by atoms with Crippen LogP contribution in [-0.2, 0) is 6.42 Å². The van der Waals surface area contributed by atoms with Crippen LogP contribution in [0.25, 0.3) is 5.69 Å². The molecule has 1 aromatic heterocycles. The van der Waals surface area contributed by atoms with Gasteiger partial charge in [0.25, 0.3) is 0 Å². The lowest BCUT2D eigenvalue weighted by Gasteiger charge is -2.22. The molecule has 32 heavy (non-hydrogen) atoms. The number of nitrogens with zero attached hydrogens (tertiary/aromatic N) is 5. The fourth-order valence-corrected chi connectivity index (χ4v) is 5.09. The van der Waals surface area contributed by atoms with Crippen LogP contribution in [0.4, 0.5) is 5.82 Å². The van der Waals surface area contributed by atoms with E-state index in [0.29, 0.717) is 24.3 Å². The summed E-state index contributed by atoms with van der Waals surface area (Å²) < 4.78 is 1.67. The zero-order valence-electron chi connectivity index (χ0n) is 19.3. The number of guanidine groups is 1. The quantitative estimate of drug-likeness (QED) is 0.412. The van der Waals surface area contributed by atoms with Gasteiger partial charge in [0.15, 0.2) is 5.96 Å². The number of rotatable bonds is 6. The number of fused-ring (bicyclic) bond motifs is 1. The molecule has 7 nitrogen and oxygen atoms in total. The van der Waals surface area contributed by atoms with Gasteiger partial charge in [0.05, 0.1) is 11.4 Å². The van der Waals surface area contributed by atoms with Crippen molar-refractivity contribution in [2.45, 2.75) is 52.4 Å². The number of aryl methyl sites for hydroxylation is 2. The molecule has 1 saturated carbocycles. The molecule has 1 aromatic carbocycles. The Hall–Kier alpha value is -3.01. The molecular formula is C25H35N7. The summed E-state index contributed by atoms with van der Waals surface area (Å²) in [4.78, 5) is 7.36. The van der Waals surface area contributed by atoms with Crippen LogP contribution in [0.5, 0.6) is 0 Å². The minimum Gasteiger partial charge on any atom is -0.382 e. The first-order valence-corrected chi connectivity index (χ1v) is 12.0. The third-order valence-electron chi connectivity index (χ3n) is 6.83. The molecule has 1 saturated heterocycles. The van der Waals surface area contributed by atoms with Crippen molar-refractivity contribution in [3.05, 3.63) is 41.1 Å². The smallest absolute Gasteiger partial charge is 0.193 e. The number of nitrogen functional groups attached to an aromatic ring is 1. The topological polar surface area (TPSA) is 95.3 Å². The van der Waals surface area contributed by atoms with Gasteiger partial charge < -0.3 is 16.0 Å². The molecule has 2 aromatic rings. The molecule has 0 bridgehead atoms. The zero-order valence-corrected chi connectivity index (χ0v) is 19.3. The second-order valence-corrected chi connectivity index (χ2v) is 9.11. The van der Waals surface area contributed by atoms with Gasteiger partial charge in [0.2, 0.25) is 0 Å². The Morgan fingerprint density at radius 2 is 1.91 bits per heavy atom. The number of likely N-dealkylation sites (tertiary alicyclic amines) is 1. The summed E-state index contributed by atoms with van der Waals surface area (Å²) in [5.41, 5.74) is 9.52. The van der Waals surface area contributed by atoms with E-state index in [4.69, 9.17) is 10.7 Å². The monoisotopic (exact) mass is 433 g/mol. The van der Waals surface area contributed by atoms with Crippen molar-refractivity contribution in [1.82, 2.24) is 20.0 Å². The normalized spacial score (nSPS) is 20.8. The van der Waals surface area contributed by atoms with Crippen LogP contribution in [0.15, 0.2) is 29.3 Å². The number of aromatic nitrogens is 2. The summed E-state index contributed by atoms with van der Waals surface area (Å²) in [7, 11) is 0. The summed E-state index contributed by atoms with van der Waals surface area (Å²) in [5, 5.41) is 17.8. The fraction of sp³-hybridized carbons (Fsp3) is 0.560. The van der Waals surface area contributed by atoms with Crippen LogP contribution in [0, 0.1) is 30.1 Å². The maximum absolute atomic E-state index is 9.64. The van der Waals surface area contributed by atoms with Gasteiger partial charge in [-0.05, 0) is 63.5 Å². The van der Waals surface area contributed by atoms with Crippen LogP contribution >= 0.6 is 0 Å². The lowest BCUT2D eigenvalue weighted by atomic mass is 9.82. The van der Waals surface area contributed by atoms with Crippen molar-refractivity contribution in [1.29, 1.82) is 5.26 Å². The van der Waals surface area contributed by atoms with Gasteiger partial charge in [-0.25, -0.2) is 4.68 Å². The van der Waals surface area contributed by atoms with E-state index < -0.39 is 0 Å². The van der Waals surface area contributed by atoms with Crippen LogP contribution < -0.4 is 11.1 Å². The summed E-state index contributed by atoms with van der Waals surface area (Å²) in [6.07, 6.45) is 6.99. The predicted octanol–water partition coefficient (Wildman–Crippen LogP) is 3.65. The van der Waals surface area contributed by atoms with Gasteiger partial charge in [0, 0.05) is 26.2 Å². The Bertz CT molecular complexity index is 969. The molecule has 0 radical (unpaired) electrons. The molecule has 2 unspecified atom stereocenters. The fourth-order valence-electron chi connectivity index (χ4n) is 5.09. The van der Waals surface area contributed by atoms with E-state index in [9.17, 15) is 5.26 Å². The van der Waals surface area contributed by atoms with Crippen LogP contribution in [-0.4, -0.2) is 46.8 Å². The molecule has 7 heteroatoms. The van der Waals surface area contributed by atoms with Gasteiger partial charge >= 0.3 is 0 Å². The van der Waals surface area contributed by atoms with Crippen molar-refractivity contribution in [2.24, 2.45) is 16.8 Å². The lowest BCUT2D eigenvalue weighted by molar-refractivity contribution is 0.299. The maximum Gasteiger partial charge on any atom is 0.193 e. The molecule has 1 aliphatic heterocycles. The highest BCUT2D eigenvalue weighted by Crippen LogP contribution is 2.36. The molecule has 170 valence electrons. The summed E-state index contributed by atoms with van der Waals surface area (Å²) in [6.45, 7) is 8.01. The second-order valence-electron chi connectivity index (χ2n) is 9.11. The van der Waals surface area contributed by atoms with Crippen molar-refractivity contribution >= 4 is 11.8 Å². The molecule has 4 rings (SSSR count). The van der Waals surface area contributed by atoms with Crippen LogP contribution in [0.3, 0.4) is 0 Å². The van der Waals surface area contributed by atoms with Gasteiger partial charge in [-0.3, -0.25) is 4.99 Å². The number of nitriles is 1. The molecular weight excluding hydrogens is 398 g/mol. The van der Waals surface area contributed by atoms with Gasteiger partial charge in [-0.1, -0.05) is 30.5 Å². The molecule has 0 spiro atoms. The average Bonchev–Trinajstić information content (AvgIpc) is 3.37. The van der Waals surface area contributed by atoms with Crippen molar-refractivity contribution < 1.29 is 0 Å². The maximum atomic E-state index is 9.64. The third kappa shape index (κ3) is 4.74. The highest BCUT2D eigenvalue weighted by atomic mass is 15.3. The largest absolute Gasteiger partial charge is 0.382 e. The third-order valence-corrected chi connectivity index (χ3v) is 6.83. The highest BCUT2D eigenvalue weighted by Gasteiger charge is 2.35. The Balaban J connectivity index is 1.40. The Kier molecular flexibility index (Phi) is 6.99. The van der Waals surface area contributed by atoms with Crippen molar-refractivity contribution in [3.8, 4) is 11.8 Å². The minimum atomic E-state index is 0.405. The average molecular weight is 434 g/mol. The lowest BCUT2D eigenvalue weighted by Crippen LogP contribution is -2.40. The molecule has 2 fully saturated rings. The summed E-state index contributed by atoms with van der Waals surface area (Å²) in [5.74, 6) is 3.11. The van der Waals surface area contributed by atoms with E-state index in [0.717, 1.165) is 55.2 Å². The van der Waals surface area contributed by atoms with E-state index >= 15 is 0 Å². The first kappa shape index (κ1) is 22.2. The zero-order chi connectivity index (χ0) is 22.5. The standard InChI is InChI=1S/C25H35N7/c1-3-28-25(31-16-19-7-4-5-8-20(19)17-31)29-14-6-9-23-22(15-26)24(27)32(30-23)21-12-10-18(2)11-13-21/h10-13,19-20H,3-9,14,16-17,27H2,1-2H3,(H,28,29). The first-order chi connectivity index (χ1) is 15.6. The van der Waals surface area contributed by atoms with E-state index in [-0.39, 0.29) is 0 Å². The van der Waals surface area contributed by atoms with Crippen molar-refractivity contribution in [2.75, 3.05) is 31.9 Å². The SMILES string of the molecule is CCNC(=NCCCc1nn(-c2ccc(C)cc2)c(N)c1C#N)N1CC2CCCCC2C1. The van der Waals surface area contributed by atoms with Gasteiger partial charge in [-0.15, -0.1) is 0 Å². The second kappa shape index (κ2) is 10.1. The van der Waals surface area contributed by atoms with E-state index in [1.807, 2.05) is 31.2 Å². The van der Waals surface area contributed by atoms with Gasteiger partial charge in [0.1, 0.15) is 17.5 Å². The highest BCUT2D eigenvalue weighted by molar-refractivity contribution is 5.80. The molecule has 2 heterocycles. The molecule has 3 N–H and O–H groups in total. The number of hydrogen-bond donors (Lipinski definition) is 2. The summed E-state index contributed by atoms with van der Waals surface area (Å²) >= 11 is 0. The van der Waals surface area contributed by atoms with E-state index in [2.05, 4.69) is 28.3 Å². The van der Waals surface area contributed by atoms with Crippen LogP contribution in [0.2, 0.25) is 0 Å². The molecule has 2 atom stereocenters. The number of anilines is 1. The predicted molar refractivity (Wildman–Crippen MR) is 129 cm³/mol. The van der Waals surface area contributed by atoms with Crippen LogP contribution in [0.1, 0.15) is 55.8 Å². The number of aliphatic imine (C=N–C) groups is 1. The molecule has 1 aliphatic carbocycles. The van der Waals surface area contributed by atoms with Gasteiger partial charge in [-0.2, -0.15) is 10.4 Å². The molecule has 2 aliphatic rings. The van der Waals surface area contributed by atoms with E-state index in [1.54, 1.807) is 4.68 Å². The molecule has 0 amide bonds.